The Morgan fingerprint density at radius 1 is 0.177 bits per heavy atom. The van der Waals surface area contributed by atoms with Gasteiger partial charge in [0.1, 0.15) is 44.0 Å². The number of carbonyl (C=O) groups excluding carboxylic acids is 7. The van der Waals surface area contributed by atoms with Crippen molar-refractivity contribution < 1.29 is 43.8 Å². The predicted octanol–water partition coefficient (Wildman–Crippen LogP) is 22.0. The molecule has 4 atom stereocenters. The number of aldehydes is 7. The molecule has 0 saturated heterocycles. The molecule has 0 aromatic rings. The molecule has 62 heavy (non-hydrogen) atoms. The normalized spacial score (nSPS) is 3.47. The van der Waals surface area contributed by atoms with Gasteiger partial charge in [-0.25, -0.2) is 0 Å². The van der Waals surface area contributed by atoms with E-state index in [1.807, 2.05) is 249 Å². The fourth-order valence-electron chi connectivity index (χ4n) is 0. The molecule has 0 fully saturated rings. The molecular formula is C51H162O7P4. The van der Waals surface area contributed by atoms with Crippen molar-refractivity contribution in [3.05, 3.63) is 0 Å². The molecule has 0 aliphatic rings. The van der Waals surface area contributed by atoms with Crippen LogP contribution in [0.3, 0.4) is 0 Å². The minimum atomic E-state index is 0. The van der Waals surface area contributed by atoms with Crippen molar-refractivity contribution in [1.82, 2.24) is 0 Å². The summed E-state index contributed by atoms with van der Waals surface area (Å²) >= 11 is 0. The molecule has 7 nitrogen and oxygen atoms in total. The molecule has 0 heterocycles. The van der Waals surface area contributed by atoms with E-state index in [9.17, 15) is 0 Å². The summed E-state index contributed by atoms with van der Waals surface area (Å²) < 4.78 is 20.0. The van der Waals surface area contributed by atoms with Gasteiger partial charge in [-0.15, -0.1) is 0 Å². The van der Waals surface area contributed by atoms with Crippen molar-refractivity contribution in [2.45, 2.75) is 305 Å². The van der Waals surface area contributed by atoms with Gasteiger partial charge in [-0.3, -0.25) is 0 Å². The zero-order valence-electron chi connectivity index (χ0n) is 56.7. The fourth-order valence-corrected chi connectivity index (χ4v) is 0. The third kappa shape index (κ3) is 582000. The molecule has 0 aliphatic carbocycles. The second-order valence-corrected chi connectivity index (χ2v) is 1.65. The Bertz CT molecular complexity index is 196. The van der Waals surface area contributed by atoms with E-state index in [0.717, 1.165) is 44.0 Å². The number of rotatable bonds is 0. The molecule has 0 radical (unpaired) electrons. The Labute approximate surface area is 431 Å². The van der Waals surface area contributed by atoms with E-state index >= 15 is 0 Å². The third-order valence-corrected chi connectivity index (χ3v) is 0. The van der Waals surface area contributed by atoms with Gasteiger partial charge in [-0.05, 0) is 48.5 Å². The topological polar surface area (TPSA) is 119 Å². The van der Waals surface area contributed by atoms with Gasteiger partial charge in [0.15, 0.2) is 0 Å². The van der Waals surface area contributed by atoms with Gasteiger partial charge in [-0.2, -0.15) is 39.6 Å². The Kier molecular flexibility index (Phi) is 16800. The maximum Gasteiger partial charge on any atom is 0.116 e. The molecule has 0 aliphatic heterocycles. The standard InChI is InChI=1S/7C2H4O.18C2H6.CH4.4H3P.5H2/c7*1-2-3;18*1-2;;;;;;;;;;/h7*2H,1H3;18*1-2H3;1H4;4*1H3;5*1H/i;;;;;;;;;;;;;;;;;;;;;;;;;;;;;;2*1+1D;3*1+1. The molecule has 0 amide bonds. The third-order valence-electron chi connectivity index (χ3n) is 0. The minimum absolute atomic E-state index is 0. The van der Waals surface area contributed by atoms with Crippen LogP contribution in [0, 0.1) is 0 Å². The highest BCUT2D eigenvalue weighted by Gasteiger charge is 1.26. The average Bonchev–Trinajstić information content (AvgIpc) is 3.40. The maximum atomic E-state index is 8.81. The highest BCUT2D eigenvalue weighted by Crippen LogP contribution is 1.19. The molecule has 0 bridgehead atoms. The average molecular weight is 1020 g/mol. The van der Waals surface area contributed by atoms with Crippen LogP contribution in [0.4, 0.5) is 0 Å². The molecule has 428 valence electrons. The summed E-state index contributed by atoms with van der Waals surface area (Å²) in [4.78, 5) is 61.6. The van der Waals surface area contributed by atoms with E-state index in [-0.39, 0.29) is 51.3 Å². The SMILES string of the molecule is C.CC.CC.CC.CC.CC.CC.CC.CC.CC.CC.CC.CC.CC.CC.CC.CC.CC.CC.CC=O.CC=O.CC=O.CC=O.CC=O.CC=O.CC=O.P.P.P.P.[2HH].[2HH].[2HH].[2H][2H].[2H][2H]. The van der Waals surface area contributed by atoms with Gasteiger partial charge in [0.25, 0.3) is 0 Å². The second-order valence-electron chi connectivity index (χ2n) is 1.65. The van der Waals surface area contributed by atoms with Crippen LogP contribution in [-0.4, -0.2) is 44.0 Å². The number of carbonyl (C=O) groups is 7. The molecule has 0 aromatic carbocycles. The van der Waals surface area contributed by atoms with Crippen LogP contribution in [0.1, 0.15) is 315 Å². The molecule has 0 rings (SSSR count). The first-order valence-corrected chi connectivity index (χ1v) is 23.7. The van der Waals surface area contributed by atoms with Gasteiger partial charge >= 0.3 is 0 Å². The lowest BCUT2D eigenvalue weighted by atomic mass is 11.0. The fraction of sp³-hybridized carbons (Fsp3) is 0.863. The summed E-state index contributed by atoms with van der Waals surface area (Å²) in [5, 5.41) is 0. The summed E-state index contributed by atoms with van der Waals surface area (Å²) in [6.07, 6.45) is 5.25. The molecule has 0 saturated carbocycles. The van der Waals surface area contributed by atoms with Crippen LogP contribution in [0.25, 0.3) is 0 Å². The Hall–Kier alpha value is -0.590. The number of hydrogen-bond donors (Lipinski definition) is 0. The lowest BCUT2D eigenvalue weighted by Gasteiger charge is -1.24. The van der Waals surface area contributed by atoms with Crippen molar-refractivity contribution >= 4 is 83.6 Å². The van der Waals surface area contributed by atoms with Crippen molar-refractivity contribution in [1.29, 1.82) is 0 Å². The smallest absolute Gasteiger partial charge is 0.116 e. The van der Waals surface area contributed by atoms with Gasteiger partial charge in [0, 0.05) is 10.2 Å². The van der Waals surface area contributed by atoms with Crippen molar-refractivity contribution in [2.24, 2.45) is 0 Å². The molecular weight excluding hydrogens is 848 g/mol. The monoisotopic (exact) mass is 1020 g/mol. The van der Waals surface area contributed by atoms with Crippen LogP contribution < -0.4 is 0 Å². The highest BCUT2D eigenvalue weighted by molar-refractivity contribution is 6.92. The maximum absolute atomic E-state index is 8.81. The lowest BCUT2D eigenvalue weighted by Crippen LogP contribution is -1.36. The first-order chi connectivity index (χ1) is 29.9. The van der Waals surface area contributed by atoms with Crippen molar-refractivity contribution in [2.75, 3.05) is 0 Å². The molecule has 11 heteroatoms. The van der Waals surface area contributed by atoms with Gasteiger partial charge in [-0.1, -0.05) is 257 Å². The van der Waals surface area contributed by atoms with E-state index in [0.29, 0.717) is 0 Å². The van der Waals surface area contributed by atoms with Crippen LogP contribution >= 0.6 is 39.6 Å². The van der Waals surface area contributed by atoms with E-state index in [2.05, 4.69) is 0 Å². The lowest BCUT2D eigenvalue weighted by molar-refractivity contribution is -0.106. The zero-order chi connectivity index (χ0) is 58.9. The summed E-state index contributed by atoms with van der Waals surface area (Å²) in [7, 11) is 0. The first-order valence-electron chi connectivity index (χ1n) is 25.7. The number of hydrogen-bond acceptors (Lipinski definition) is 7. The molecule has 4 unspecified atom stereocenters. The summed E-state index contributed by atoms with van der Waals surface area (Å²) in [6.45, 7) is 82.1. The molecule has 0 spiro atoms. The van der Waals surface area contributed by atoms with Crippen LogP contribution in [0.2, 0.25) is 0 Å². The van der Waals surface area contributed by atoms with Gasteiger partial charge in [0.05, 0.1) is 0 Å². The molecule has 0 N–H and O–H groups in total. The van der Waals surface area contributed by atoms with Crippen molar-refractivity contribution in [3.63, 3.8) is 0 Å². The van der Waals surface area contributed by atoms with Crippen LogP contribution in [0.5, 0.6) is 0 Å². The zero-order valence-corrected chi connectivity index (χ0v) is 58.4. The highest BCUT2D eigenvalue weighted by atomic mass is 31.0. The summed E-state index contributed by atoms with van der Waals surface area (Å²) in [5.41, 5.74) is 0. The van der Waals surface area contributed by atoms with E-state index in [1.165, 1.54) is 48.5 Å². The van der Waals surface area contributed by atoms with Crippen molar-refractivity contribution in [3.8, 4) is 0 Å². The van der Waals surface area contributed by atoms with E-state index in [4.69, 9.17) is 39.5 Å². The van der Waals surface area contributed by atoms with Crippen LogP contribution in [-0.2, 0) is 33.6 Å². The van der Waals surface area contributed by atoms with Gasteiger partial charge in [0.2, 0.25) is 0 Å². The first kappa shape index (κ1) is 201. The van der Waals surface area contributed by atoms with E-state index < -0.39 is 0 Å². The van der Waals surface area contributed by atoms with Crippen LogP contribution in [0.15, 0.2) is 0 Å². The predicted molar refractivity (Wildman–Crippen MR) is 348 cm³/mol. The second kappa shape index (κ2) is 5190. The quantitative estimate of drug-likeness (QED) is 0.175. The Morgan fingerprint density at radius 2 is 0.177 bits per heavy atom. The molecule has 0 aromatic heterocycles. The Morgan fingerprint density at radius 3 is 0.177 bits per heavy atom. The van der Waals surface area contributed by atoms with Gasteiger partial charge < -0.3 is 33.6 Å². The summed E-state index contributed by atoms with van der Waals surface area (Å²) in [6, 6.07) is 0. The Balaban J connectivity index is -0.00000000526. The summed E-state index contributed by atoms with van der Waals surface area (Å²) in [5.74, 6) is 0. The largest absolute Gasteiger partial charge is 0.304 e. The minimum Gasteiger partial charge on any atom is -0.304 e. The van der Waals surface area contributed by atoms with E-state index in [1.54, 1.807) is 0 Å².